The Morgan fingerprint density at radius 1 is 1.15 bits per heavy atom. The summed E-state index contributed by atoms with van der Waals surface area (Å²) in [5.74, 6) is 0.0000685. The molecule has 5 atom stereocenters. The summed E-state index contributed by atoms with van der Waals surface area (Å²) in [7, 11) is 0. The molecule has 27 heavy (non-hydrogen) atoms. The lowest BCUT2D eigenvalue weighted by molar-refractivity contribution is -0.140. The number of esters is 1. The van der Waals surface area contributed by atoms with Gasteiger partial charge in [0.1, 0.15) is 5.76 Å². The van der Waals surface area contributed by atoms with E-state index in [1.54, 1.807) is 0 Å². The van der Waals surface area contributed by atoms with Crippen LogP contribution < -0.4 is 0 Å². The molecule has 1 N–H and O–H groups in total. The van der Waals surface area contributed by atoms with Gasteiger partial charge in [-0.15, -0.1) is 0 Å². The van der Waals surface area contributed by atoms with Gasteiger partial charge in [0.15, 0.2) is 5.78 Å². The second-order valence-corrected chi connectivity index (χ2v) is 9.71. The Morgan fingerprint density at radius 3 is 2.70 bits per heavy atom. The smallest absolute Gasteiger partial charge is 0.339 e. The maximum absolute atomic E-state index is 13.7. The van der Waals surface area contributed by atoms with Crippen molar-refractivity contribution < 1.29 is 19.4 Å². The molecule has 142 valence electrons. The maximum Gasteiger partial charge on any atom is 0.339 e. The number of rotatable bonds is 0. The summed E-state index contributed by atoms with van der Waals surface area (Å²) in [6.45, 7) is 8.06. The molecule has 0 unspecified atom stereocenters. The molecule has 0 saturated carbocycles. The van der Waals surface area contributed by atoms with Crippen molar-refractivity contribution in [3.8, 4) is 0 Å². The molecular weight excluding hydrogens is 342 g/mol. The number of ketones is 1. The summed E-state index contributed by atoms with van der Waals surface area (Å²) >= 11 is 0. The molecular formula is C22H25NO4. The van der Waals surface area contributed by atoms with Gasteiger partial charge in [0, 0.05) is 53.9 Å². The molecule has 3 heterocycles. The molecule has 6 aliphatic rings. The van der Waals surface area contributed by atoms with Gasteiger partial charge in [-0.05, 0) is 36.3 Å². The molecule has 2 saturated heterocycles. The SMILES string of the molecule is C[C@H]1[C@H]2C[C@H]3N1C[C@@]1(C)CCC(O)=C4C5=C(C(=O)OCC5)C(=C4[C@@]31C)C2=O. The fraction of sp³-hybridized carbons (Fsp3) is 0.636. The van der Waals surface area contributed by atoms with Crippen LogP contribution in [0.5, 0.6) is 0 Å². The Balaban J connectivity index is 1.75. The minimum atomic E-state index is -0.383. The standard InChI is InChI=1S/C22H25NO4/c1-10-12-8-14-22(3)18-15(13(24)4-6-21(22,2)9-23(10)14)11-5-7-27-20(26)16(11)17(18)19(12)25/h10,12,14,24H,4-9H2,1-3H3/t10-,12+,14+,21+,22+/m0/s1. The van der Waals surface area contributed by atoms with E-state index in [0.29, 0.717) is 36.4 Å². The summed E-state index contributed by atoms with van der Waals surface area (Å²) in [4.78, 5) is 29.0. The minimum Gasteiger partial charge on any atom is -0.512 e. The molecule has 3 aliphatic carbocycles. The fourth-order valence-corrected chi connectivity index (χ4v) is 7.27. The number of allylic oxidation sites excluding steroid dienone is 2. The van der Waals surface area contributed by atoms with Gasteiger partial charge in [-0.1, -0.05) is 13.8 Å². The van der Waals surface area contributed by atoms with Gasteiger partial charge < -0.3 is 9.84 Å². The number of Topliss-reactive ketones (excluding diaryl/α,β-unsaturated/α-hetero) is 1. The van der Waals surface area contributed by atoms with Crippen molar-refractivity contribution in [2.45, 2.75) is 58.5 Å². The van der Waals surface area contributed by atoms with Crippen molar-refractivity contribution in [2.24, 2.45) is 16.7 Å². The number of aliphatic hydroxyl groups is 1. The second-order valence-electron chi connectivity index (χ2n) is 9.71. The number of fused-ring (bicyclic) bond motifs is 3. The van der Waals surface area contributed by atoms with Crippen LogP contribution in [0.25, 0.3) is 0 Å². The van der Waals surface area contributed by atoms with E-state index in [2.05, 4.69) is 25.7 Å². The Bertz CT molecular complexity index is 940. The summed E-state index contributed by atoms with van der Waals surface area (Å²) in [6, 6.07) is 0.486. The summed E-state index contributed by atoms with van der Waals surface area (Å²) in [5, 5.41) is 11.0. The van der Waals surface area contributed by atoms with E-state index in [1.807, 2.05) is 0 Å². The average Bonchev–Trinajstić information content (AvgIpc) is 3.18. The molecule has 5 nitrogen and oxygen atoms in total. The number of hydrogen-bond donors (Lipinski definition) is 1. The third-order valence-corrected chi connectivity index (χ3v) is 8.88. The van der Waals surface area contributed by atoms with Gasteiger partial charge in [-0.2, -0.15) is 0 Å². The Hall–Kier alpha value is -1.88. The van der Waals surface area contributed by atoms with Crippen LogP contribution in [-0.4, -0.2) is 47.0 Å². The first-order chi connectivity index (χ1) is 12.8. The Labute approximate surface area is 158 Å². The van der Waals surface area contributed by atoms with Crippen LogP contribution in [0.2, 0.25) is 0 Å². The van der Waals surface area contributed by atoms with Gasteiger partial charge >= 0.3 is 5.97 Å². The number of hydrogen-bond acceptors (Lipinski definition) is 5. The van der Waals surface area contributed by atoms with Crippen LogP contribution in [0.4, 0.5) is 0 Å². The molecule has 5 heteroatoms. The van der Waals surface area contributed by atoms with Gasteiger partial charge in [-0.25, -0.2) is 4.79 Å². The molecule has 3 aliphatic heterocycles. The van der Waals surface area contributed by atoms with Crippen LogP contribution in [0, 0.1) is 16.7 Å². The molecule has 6 rings (SSSR count). The average molecular weight is 367 g/mol. The van der Waals surface area contributed by atoms with Gasteiger partial charge in [0.2, 0.25) is 0 Å². The lowest BCUT2D eigenvalue weighted by Crippen LogP contribution is -2.42. The Morgan fingerprint density at radius 2 is 1.93 bits per heavy atom. The predicted octanol–water partition coefficient (Wildman–Crippen LogP) is 2.83. The monoisotopic (exact) mass is 367 g/mol. The molecule has 2 fully saturated rings. The maximum atomic E-state index is 13.7. The Kier molecular flexibility index (Phi) is 2.73. The lowest BCUT2D eigenvalue weighted by atomic mass is 9.58. The predicted molar refractivity (Wildman–Crippen MR) is 97.8 cm³/mol. The summed E-state index contributed by atoms with van der Waals surface area (Å²) in [6.07, 6.45) is 2.95. The lowest BCUT2D eigenvalue weighted by Gasteiger charge is -2.44. The number of cyclic esters (lactones) is 1. The number of carbonyl (C=O) groups excluding carboxylic acids is 2. The minimum absolute atomic E-state index is 0.0314. The normalized spacial score (nSPS) is 45.4. The number of carbonyl (C=O) groups is 2. The number of ether oxygens (including phenoxy) is 1. The van der Waals surface area contributed by atoms with Crippen LogP contribution >= 0.6 is 0 Å². The van der Waals surface area contributed by atoms with Gasteiger partial charge in [0.25, 0.3) is 0 Å². The van der Waals surface area contributed by atoms with E-state index in [0.717, 1.165) is 36.1 Å². The molecule has 0 aromatic carbocycles. The number of aliphatic hydroxyl groups excluding tert-OH is 1. The van der Waals surface area contributed by atoms with E-state index in [9.17, 15) is 14.7 Å². The molecule has 2 bridgehead atoms. The highest BCUT2D eigenvalue weighted by Gasteiger charge is 2.69. The molecule has 0 amide bonds. The summed E-state index contributed by atoms with van der Waals surface area (Å²) < 4.78 is 5.35. The van der Waals surface area contributed by atoms with Crippen LogP contribution in [0.15, 0.2) is 33.6 Å². The first-order valence-electron chi connectivity index (χ1n) is 10.2. The van der Waals surface area contributed by atoms with Crippen molar-refractivity contribution in [1.29, 1.82) is 0 Å². The highest BCUT2D eigenvalue weighted by Crippen LogP contribution is 2.69. The van der Waals surface area contributed by atoms with E-state index < -0.39 is 0 Å². The third-order valence-electron chi connectivity index (χ3n) is 8.88. The number of nitrogens with zero attached hydrogens (tertiary/aromatic N) is 1. The zero-order chi connectivity index (χ0) is 18.9. The van der Waals surface area contributed by atoms with Crippen LogP contribution in [0.1, 0.15) is 46.5 Å². The zero-order valence-electron chi connectivity index (χ0n) is 16.1. The van der Waals surface area contributed by atoms with Crippen molar-refractivity contribution in [3.63, 3.8) is 0 Å². The third kappa shape index (κ3) is 1.52. The first-order valence-corrected chi connectivity index (χ1v) is 10.2. The fourth-order valence-electron chi connectivity index (χ4n) is 7.27. The van der Waals surface area contributed by atoms with Gasteiger partial charge in [-0.3, -0.25) is 9.69 Å². The van der Waals surface area contributed by atoms with Gasteiger partial charge in [0.05, 0.1) is 12.2 Å². The van der Waals surface area contributed by atoms with E-state index in [-0.39, 0.29) is 40.6 Å². The summed E-state index contributed by atoms with van der Waals surface area (Å²) in [5.41, 5.74) is 3.43. The first kappa shape index (κ1) is 16.1. The van der Waals surface area contributed by atoms with Crippen molar-refractivity contribution in [2.75, 3.05) is 13.2 Å². The largest absolute Gasteiger partial charge is 0.512 e. The van der Waals surface area contributed by atoms with Crippen LogP contribution in [0.3, 0.4) is 0 Å². The zero-order valence-corrected chi connectivity index (χ0v) is 16.1. The molecule has 0 radical (unpaired) electrons. The molecule has 0 spiro atoms. The van der Waals surface area contributed by atoms with Crippen molar-refractivity contribution in [3.05, 3.63) is 33.6 Å². The van der Waals surface area contributed by atoms with Crippen molar-refractivity contribution >= 4 is 11.8 Å². The van der Waals surface area contributed by atoms with E-state index in [4.69, 9.17) is 4.74 Å². The van der Waals surface area contributed by atoms with E-state index in [1.165, 1.54) is 0 Å². The van der Waals surface area contributed by atoms with E-state index >= 15 is 0 Å². The highest BCUT2D eigenvalue weighted by atomic mass is 16.5. The quantitative estimate of drug-likeness (QED) is 0.667. The topological polar surface area (TPSA) is 66.8 Å². The van der Waals surface area contributed by atoms with Crippen LogP contribution in [-0.2, 0) is 14.3 Å². The molecule has 0 aromatic rings. The highest BCUT2D eigenvalue weighted by molar-refractivity contribution is 6.16. The van der Waals surface area contributed by atoms with Crippen molar-refractivity contribution in [1.82, 2.24) is 4.90 Å². The second kappa shape index (κ2) is 4.57. The molecule has 0 aromatic heterocycles.